The number of carbonyl (C=O) groups is 12. The van der Waals surface area contributed by atoms with Crippen molar-refractivity contribution in [3.8, 4) is 0 Å². The molecule has 0 aliphatic heterocycles. The lowest BCUT2D eigenvalue weighted by molar-refractivity contribution is -0.143. The van der Waals surface area contributed by atoms with E-state index in [1.165, 1.54) is 27.7 Å². The number of hydrogen-bond acceptors (Lipinski definition) is 12. The normalized spacial score (nSPS) is 14.0. The van der Waals surface area contributed by atoms with Gasteiger partial charge in [-0.3, -0.25) is 57.5 Å². The fourth-order valence-corrected chi connectivity index (χ4v) is 5.03. The van der Waals surface area contributed by atoms with Gasteiger partial charge in [0.15, 0.2) is 0 Å². The van der Waals surface area contributed by atoms with E-state index in [9.17, 15) is 67.7 Å². The van der Waals surface area contributed by atoms with Crippen molar-refractivity contribution in [1.82, 2.24) is 37.2 Å². The summed E-state index contributed by atoms with van der Waals surface area (Å²) in [5, 5.41) is 52.2. The number of carbonyl (C=O) groups excluding carboxylic acids is 8. The SMILES string of the molecule is CCC[C@H](NC(=O)[C@H](CC(=O)O)NC(=O)[C@@H](NC(=O)[C@@H](NC(=O)[C@H](CCC(=O)O)NC(=O)[C@H](CCC(=O)O)NC(C)=O)C(C)C)C(C)C)C(=O)C(=O)NCC(=O)O. The van der Waals surface area contributed by atoms with Crippen LogP contribution in [0.15, 0.2) is 0 Å². The topological polar surface area (TPSA) is 370 Å². The second kappa shape index (κ2) is 25.1. The van der Waals surface area contributed by atoms with Gasteiger partial charge < -0.3 is 57.6 Å². The minimum atomic E-state index is -1.85. The Bertz CT molecular complexity index is 1530. The Morgan fingerprint density at radius 1 is 0.474 bits per heavy atom. The zero-order valence-electron chi connectivity index (χ0n) is 32.5. The van der Waals surface area contributed by atoms with Crippen LogP contribution >= 0.6 is 0 Å². The summed E-state index contributed by atoms with van der Waals surface area (Å²) >= 11 is 0. The number of carboxylic acid groups (broad SMARTS) is 4. The lowest BCUT2D eigenvalue weighted by Crippen LogP contribution is -2.61. The monoisotopic (exact) mass is 815 g/mol. The first kappa shape index (κ1) is 50.8. The van der Waals surface area contributed by atoms with E-state index in [0.29, 0.717) is 0 Å². The van der Waals surface area contributed by atoms with Crippen molar-refractivity contribution >= 4 is 71.0 Å². The number of carboxylic acids is 4. The van der Waals surface area contributed by atoms with Crippen LogP contribution in [0.2, 0.25) is 0 Å². The van der Waals surface area contributed by atoms with E-state index in [2.05, 4.69) is 31.9 Å². The molecule has 57 heavy (non-hydrogen) atoms. The molecule has 0 bridgehead atoms. The third kappa shape index (κ3) is 19.8. The maximum absolute atomic E-state index is 13.6. The van der Waals surface area contributed by atoms with Crippen LogP contribution in [0.5, 0.6) is 0 Å². The minimum absolute atomic E-state index is 0.118. The second-order valence-corrected chi connectivity index (χ2v) is 13.6. The lowest BCUT2D eigenvalue weighted by Gasteiger charge is -2.29. The van der Waals surface area contributed by atoms with Gasteiger partial charge in [-0.1, -0.05) is 41.0 Å². The zero-order valence-corrected chi connectivity index (χ0v) is 32.5. The molecule has 0 aliphatic rings. The molecule has 0 aromatic carbocycles. The van der Waals surface area contributed by atoms with Gasteiger partial charge in [0, 0.05) is 19.8 Å². The highest BCUT2D eigenvalue weighted by Crippen LogP contribution is 2.10. The highest BCUT2D eigenvalue weighted by atomic mass is 16.4. The lowest BCUT2D eigenvalue weighted by atomic mass is 9.98. The van der Waals surface area contributed by atoms with E-state index >= 15 is 0 Å². The average Bonchev–Trinajstić information content (AvgIpc) is 3.09. The first-order valence-corrected chi connectivity index (χ1v) is 17.9. The Hall–Kier alpha value is -6.16. The molecule has 0 aliphatic carbocycles. The molecule has 0 aromatic heterocycles. The Labute approximate surface area is 327 Å². The molecule has 7 amide bonds. The molecule has 23 nitrogen and oxygen atoms in total. The van der Waals surface area contributed by atoms with Gasteiger partial charge in [0.1, 0.15) is 36.8 Å². The van der Waals surface area contributed by atoms with Crippen molar-refractivity contribution in [2.24, 2.45) is 11.8 Å². The van der Waals surface area contributed by atoms with E-state index in [4.69, 9.17) is 10.2 Å². The van der Waals surface area contributed by atoms with E-state index in [-0.39, 0.29) is 19.3 Å². The van der Waals surface area contributed by atoms with Crippen molar-refractivity contribution in [3.05, 3.63) is 0 Å². The van der Waals surface area contributed by atoms with E-state index in [1.807, 2.05) is 5.32 Å². The van der Waals surface area contributed by atoms with Gasteiger partial charge >= 0.3 is 23.9 Å². The number of amides is 7. The maximum Gasteiger partial charge on any atom is 0.322 e. The molecule has 23 heteroatoms. The van der Waals surface area contributed by atoms with Gasteiger partial charge in [0.05, 0.1) is 12.5 Å². The van der Waals surface area contributed by atoms with Crippen LogP contribution in [0, 0.1) is 11.8 Å². The first-order chi connectivity index (χ1) is 26.4. The summed E-state index contributed by atoms with van der Waals surface area (Å²) in [5.74, 6) is -15.6. The Morgan fingerprint density at radius 3 is 1.30 bits per heavy atom. The molecule has 0 radical (unpaired) electrons. The minimum Gasteiger partial charge on any atom is -0.481 e. The van der Waals surface area contributed by atoms with Gasteiger partial charge in [0.25, 0.3) is 5.91 Å². The van der Waals surface area contributed by atoms with Crippen molar-refractivity contribution < 1.29 is 78.0 Å². The van der Waals surface area contributed by atoms with Crippen molar-refractivity contribution in [3.63, 3.8) is 0 Å². The van der Waals surface area contributed by atoms with Gasteiger partial charge in [-0.05, 0) is 31.1 Å². The number of rotatable bonds is 27. The fourth-order valence-electron chi connectivity index (χ4n) is 5.03. The third-order valence-corrected chi connectivity index (χ3v) is 7.96. The largest absolute Gasteiger partial charge is 0.481 e. The number of nitrogens with one attached hydrogen (secondary N) is 7. The molecule has 320 valence electrons. The molecule has 0 aromatic rings. The average molecular weight is 816 g/mol. The third-order valence-electron chi connectivity index (χ3n) is 7.96. The van der Waals surface area contributed by atoms with Gasteiger partial charge in [-0.2, -0.15) is 0 Å². The summed E-state index contributed by atoms with van der Waals surface area (Å²) in [6.45, 7) is 7.74. The summed E-state index contributed by atoms with van der Waals surface area (Å²) in [4.78, 5) is 148. The quantitative estimate of drug-likeness (QED) is 0.0368. The molecule has 0 rings (SSSR count). The van der Waals surface area contributed by atoms with Crippen molar-refractivity contribution in [1.29, 1.82) is 0 Å². The van der Waals surface area contributed by atoms with Crippen LogP contribution in [0.1, 0.15) is 86.5 Å². The number of Topliss-reactive ketones (excluding diaryl/α,β-unsaturated/α-hetero) is 1. The molecule has 11 N–H and O–H groups in total. The number of ketones is 1. The summed E-state index contributed by atoms with van der Waals surface area (Å²) in [7, 11) is 0. The summed E-state index contributed by atoms with van der Waals surface area (Å²) < 4.78 is 0. The van der Waals surface area contributed by atoms with Crippen LogP contribution in [0.4, 0.5) is 0 Å². The number of aliphatic carboxylic acids is 4. The van der Waals surface area contributed by atoms with Crippen LogP contribution in [0.3, 0.4) is 0 Å². The second-order valence-electron chi connectivity index (χ2n) is 13.6. The van der Waals surface area contributed by atoms with Gasteiger partial charge in [-0.15, -0.1) is 0 Å². The molecule has 0 spiro atoms. The molecule has 6 atom stereocenters. The van der Waals surface area contributed by atoms with E-state index < -0.39 is 151 Å². The first-order valence-electron chi connectivity index (χ1n) is 17.9. The Morgan fingerprint density at radius 2 is 0.877 bits per heavy atom. The van der Waals surface area contributed by atoms with Crippen LogP contribution in [0.25, 0.3) is 0 Å². The molecular formula is C34H53N7O16. The Kier molecular flexibility index (Phi) is 22.4. The molecule has 0 fully saturated rings. The van der Waals surface area contributed by atoms with E-state index in [1.54, 1.807) is 6.92 Å². The van der Waals surface area contributed by atoms with E-state index in [0.717, 1.165) is 6.92 Å². The maximum atomic E-state index is 13.6. The summed E-state index contributed by atoms with van der Waals surface area (Å²) in [6, 6.07) is -9.31. The predicted molar refractivity (Wildman–Crippen MR) is 193 cm³/mol. The standard InChI is InChI=1S/C34H53N7O16/c1-7-8-18(28(51)34(57)35-14-25(49)50)37-31(54)21(13-24(47)48)39-32(55)26(15(2)3)41-33(56)27(16(4)5)40-30(53)20(10-12-23(45)46)38-29(52)19(36-17(6)42)9-11-22(43)44/h15-16,18-21,26-27H,7-14H2,1-6H3,(H,35,57)(H,36,42)(H,37,54)(H,38,52)(H,39,55)(H,40,53)(H,41,56)(H,43,44)(H,45,46)(H,47,48)(H,49,50)/t18-,19-,20-,21-,26-,27-/m0/s1. The molecule has 0 saturated carbocycles. The highest BCUT2D eigenvalue weighted by molar-refractivity contribution is 6.38. The molecule has 0 unspecified atom stereocenters. The van der Waals surface area contributed by atoms with Crippen LogP contribution in [-0.4, -0.2) is 134 Å². The predicted octanol–water partition coefficient (Wildman–Crippen LogP) is -3.00. The Balaban J connectivity index is 6.24. The van der Waals surface area contributed by atoms with Crippen molar-refractivity contribution in [2.75, 3.05) is 6.54 Å². The van der Waals surface area contributed by atoms with Crippen LogP contribution in [-0.2, 0) is 57.5 Å². The van der Waals surface area contributed by atoms with Gasteiger partial charge in [-0.25, -0.2) is 0 Å². The smallest absolute Gasteiger partial charge is 0.322 e. The van der Waals surface area contributed by atoms with Crippen LogP contribution < -0.4 is 37.2 Å². The molecule has 0 heterocycles. The zero-order chi connectivity index (χ0) is 44.2. The molecular weight excluding hydrogens is 762 g/mol. The number of hydrogen-bond donors (Lipinski definition) is 11. The highest BCUT2D eigenvalue weighted by Gasteiger charge is 2.36. The fraction of sp³-hybridized carbons (Fsp3) is 0.647. The molecule has 0 saturated heterocycles. The summed E-state index contributed by atoms with van der Waals surface area (Å²) in [6.07, 6.45) is -2.93. The van der Waals surface area contributed by atoms with Crippen molar-refractivity contribution in [2.45, 2.75) is 123 Å². The summed E-state index contributed by atoms with van der Waals surface area (Å²) in [5.41, 5.74) is 0. The van der Waals surface area contributed by atoms with Gasteiger partial charge in [0.2, 0.25) is 41.2 Å².